The minimum absolute atomic E-state index is 0.314. The first-order chi connectivity index (χ1) is 9.15. The van der Waals surface area contributed by atoms with Crippen LogP contribution in [0.4, 0.5) is 11.7 Å². The molecule has 0 aromatic carbocycles. The van der Waals surface area contributed by atoms with Crippen molar-refractivity contribution in [1.82, 2.24) is 15.3 Å². The Bertz CT molecular complexity index is 659. The van der Waals surface area contributed by atoms with Crippen molar-refractivity contribution >= 4 is 11.7 Å². The minimum atomic E-state index is -0.314. The molecule has 100 valence electrons. The van der Waals surface area contributed by atoms with E-state index in [2.05, 4.69) is 15.3 Å². The lowest BCUT2D eigenvalue weighted by Crippen LogP contribution is -2.31. The number of rotatable bonds is 2. The van der Waals surface area contributed by atoms with Gasteiger partial charge in [0, 0.05) is 43.9 Å². The van der Waals surface area contributed by atoms with Gasteiger partial charge in [-0.05, 0) is 13.0 Å². The van der Waals surface area contributed by atoms with Crippen molar-refractivity contribution in [3.63, 3.8) is 0 Å². The van der Waals surface area contributed by atoms with Crippen LogP contribution in [-0.4, -0.2) is 23.6 Å². The van der Waals surface area contributed by atoms with Gasteiger partial charge >= 0.3 is 5.69 Å². The molecule has 0 fully saturated rings. The molecule has 19 heavy (non-hydrogen) atoms. The molecule has 2 N–H and O–H groups in total. The van der Waals surface area contributed by atoms with E-state index in [0.717, 1.165) is 30.0 Å². The van der Waals surface area contributed by atoms with E-state index in [4.69, 9.17) is 4.42 Å². The van der Waals surface area contributed by atoms with Crippen molar-refractivity contribution in [3.8, 4) is 0 Å². The summed E-state index contributed by atoms with van der Waals surface area (Å²) in [5, 5.41) is 3.29. The van der Waals surface area contributed by atoms with Gasteiger partial charge in [-0.1, -0.05) is 0 Å². The van der Waals surface area contributed by atoms with Gasteiger partial charge in [0.05, 0.1) is 0 Å². The second-order valence-corrected chi connectivity index (χ2v) is 4.69. The predicted molar refractivity (Wildman–Crippen MR) is 71.8 cm³/mol. The molecule has 0 spiro atoms. The summed E-state index contributed by atoms with van der Waals surface area (Å²) in [7, 11) is 1.86. The quantitative estimate of drug-likeness (QED) is 0.845. The molecule has 0 aliphatic carbocycles. The number of fused-ring (bicyclic) bond motifs is 1. The third-order valence-corrected chi connectivity index (χ3v) is 3.33. The zero-order valence-corrected chi connectivity index (χ0v) is 11.0. The zero-order chi connectivity index (χ0) is 13.4. The second kappa shape index (κ2) is 4.55. The highest BCUT2D eigenvalue weighted by atomic mass is 16.4. The molecule has 1 aliphatic rings. The molecule has 3 heterocycles. The first kappa shape index (κ1) is 12.0. The highest BCUT2D eigenvalue weighted by Gasteiger charge is 2.20. The van der Waals surface area contributed by atoms with Gasteiger partial charge in [0.1, 0.15) is 11.6 Å². The molecule has 3 rings (SSSR count). The maximum absolute atomic E-state index is 11.7. The van der Waals surface area contributed by atoms with E-state index in [0.29, 0.717) is 18.2 Å². The Hall–Kier alpha value is -2.08. The van der Waals surface area contributed by atoms with Crippen LogP contribution in [0.5, 0.6) is 0 Å². The Morgan fingerprint density at radius 2 is 2.26 bits per heavy atom. The van der Waals surface area contributed by atoms with Gasteiger partial charge in [-0.2, -0.15) is 4.98 Å². The number of aromatic amines is 1. The molecule has 0 radical (unpaired) electrons. The summed E-state index contributed by atoms with van der Waals surface area (Å²) < 4.78 is 5.58. The number of aromatic nitrogens is 2. The van der Waals surface area contributed by atoms with Crippen molar-refractivity contribution in [2.75, 3.05) is 18.5 Å². The Morgan fingerprint density at radius 1 is 1.42 bits per heavy atom. The molecule has 0 atom stereocenters. The van der Waals surface area contributed by atoms with E-state index in [1.54, 1.807) is 0 Å². The largest absolute Gasteiger partial charge is 0.445 e. The molecule has 6 heteroatoms. The number of hydrogen-bond acceptors (Lipinski definition) is 5. The Balaban J connectivity index is 2.09. The zero-order valence-electron chi connectivity index (χ0n) is 11.0. The normalized spacial score (nSPS) is 14.2. The topological polar surface area (TPSA) is 74.2 Å². The number of anilines is 2. The highest BCUT2D eigenvalue weighted by molar-refractivity contribution is 5.59. The van der Waals surface area contributed by atoms with Gasteiger partial charge < -0.3 is 14.7 Å². The fraction of sp³-hybridized carbons (Fsp3) is 0.385. The van der Waals surface area contributed by atoms with E-state index in [1.165, 1.54) is 0 Å². The number of nitrogens with one attached hydrogen (secondary N) is 2. The molecular weight excluding hydrogens is 244 g/mol. The molecule has 2 aromatic rings. The molecule has 2 aromatic heterocycles. The lowest BCUT2D eigenvalue weighted by molar-refractivity contribution is 0.535. The van der Waals surface area contributed by atoms with Crippen LogP contribution in [-0.2, 0) is 13.0 Å². The Labute approximate surface area is 110 Å². The van der Waals surface area contributed by atoms with Gasteiger partial charge in [-0.25, -0.2) is 4.79 Å². The van der Waals surface area contributed by atoms with Crippen LogP contribution in [0.15, 0.2) is 21.3 Å². The number of nitrogens with zero attached hydrogens (tertiary/aromatic N) is 2. The van der Waals surface area contributed by atoms with Crippen LogP contribution >= 0.6 is 0 Å². The molecule has 0 bridgehead atoms. The van der Waals surface area contributed by atoms with Crippen molar-refractivity contribution in [1.29, 1.82) is 0 Å². The summed E-state index contributed by atoms with van der Waals surface area (Å²) >= 11 is 0. The van der Waals surface area contributed by atoms with Gasteiger partial charge in [-0.3, -0.25) is 4.90 Å². The first-order valence-electron chi connectivity index (χ1n) is 6.28. The summed E-state index contributed by atoms with van der Waals surface area (Å²) in [4.78, 5) is 20.4. The molecule has 0 amide bonds. The van der Waals surface area contributed by atoms with Crippen LogP contribution in [0.3, 0.4) is 0 Å². The van der Waals surface area contributed by atoms with E-state index in [1.807, 2.05) is 31.0 Å². The van der Waals surface area contributed by atoms with E-state index < -0.39 is 0 Å². The third kappa shape index (κ3) is 2.15. The molecular formula is C13H16N4O2. The van der Waals surface area contributed by atoms with Gasteiger partial charge in [-0.15, -0.1) is 0 Å². The fourth-order valence-electron chi connectivity index (χ4n) is 2.34. The number of aryl methyl sites for hydroxylation is 1. The molecule has 0 saturated heterocycles. The fourth-order valence-corrected chi connectivity index (χ4v) is 2.34. The number of hydrogen-bond donors (Lipinski definition) is 2. The lowest BCUT2D eigenvalue weighted by Gasteiger charge is -2.23. The van der Waals surface area contributed by atoms with E-state index in [9.17, 15) is 4.79 Å². The van der Waals surface area contributed by atoms with Crippen LogP contribution in [0.1, 0.15) is 17.0 Å². The molecule has 6 nitrogen and oxygen atoms in total. The number of furan rings is 1. The SMILES string of the molecule is Cc1ccc(N(C)c2nc(=O)[nH]c3c2CNCC3)o1. The lowest BCUT2D eigenvalue weighted by atomic mass is 10.1. The summed E-state index contributed by atoms with van der Waals surface area (Å²) in [6, 6.07) is 3.77. The number of H-pyrrole nitrogens is 1. The van der Waals surface area contributed by atoms with E-state index in [-0.39, 0.29) is 5.69 Å². The molecule has 0 saturated carbocycles. The Morgan fingerprint density at radius 3 is 3.00 bits per heavy atom. The maximum Gasteiger partial charge on any atom is 0.347 e. The van der Waals surface area contributed by atoms with Crippen LogP contribution < -0.4 is 15.9 Å². The van der Waals surface area contributed by atoms with Crippen molar-refractivity contribution in [2.45, 2.75) is 19.9 Å². The Kier molecular flexibility index (Phi) is 2.87. The van der Waals surface area contributed by atoms with E-state index >= 15 is 0 Å². The summed E-state index contributed by atoms with van der Waals surface area (Å²) in [6.07, 6.45) is 0.811. The van der Waals surface area contributed by atoms with Gasteiger partial charge in [0.2, 0.25) is 5.88 Å². The third-order valence-electron chi connectivity index (χ3n) is 3.33. The summed E-state index contributed by atoms with van der Waals surface area (Å²) in [5.41, 5.74) is 1.68. The van der Waals surface area contributed by atoms with Crippen molar-refractivity contribution < 1.29 is 4.42 Å². The van der Waals surface area contributed by atoms with Gasteiger partial charge in [0.25, 0.3) is 0 Å². The van der Waals surface area contributed by atoms with Crippen molar-refractivity contribution in [2.24, 2.45) is 0 Å². The van der Waals surface area contributed by atoms with Crippen LogP contribution in [0, 0.1) is 6.92 Å². The van der Waals surface area contributed by atoms with Crippen LogP contribution in [0.2, 0.25) is 0 Å². The second-order valence-electron chi connectivity index (χ2n) is 4.69. The van der Waals surface area contributed by atoms with Gasteiger partial charge in [0.15, 0.2) is 0 Å². The molecule has 1 aliphatic heterocycles. The summed E-state index contributed by atoms with van der Waals surface area (Å²) in [5.74, 6) is 2.17. The summed E-state index contributed by atoms with van der Waals surface area (Å²) in [6.45, 7) is 3.47. The monoisotopic (exact) mass is 260 g/mol. The highest BCUT2D eigenvalue weighted by Crippen LogP contribution is 2.28. The minimum Gasteiger partial charge on any atom is -0.445 e. The van der Waals surface area contributed by atoms with Crippen LogP contribution in [0.25, 0.3) is 0 Å². The maximum atomic E-state index is 11.7. The van der Waals surface area contributed by atoms with Crippen molar-refractivity contribution in [3.05, 3.63) is 39.6 Å². The average Bonchev–Trinajstić information content (AvgIpc) is 2.83. The predicted octanol–water partition coefficient (Wildman–Crippen LogP) is 1.08. The average molecular weight is 260 g/mol. The standard InChI is InChI=1S/C13H16N4O2/c1-8-3-4-11(19-8)17(2)12-9-7-14-6-5-10(9)15-13(18)16-12/h3-4,14H,5-7H2,1-2H3,(H,15,16,18). The first-order valence-corrected chi connectivity index (χ1v) is 6.28. The molecule has 0 unspecified atom stereocenters. The smallest absolute Gasteiger partial charge is 0.347 e.